The van der Waals surface area contributed by atoms with Gasteiger partial charge in [-0.2, -0.15) is 0 Å². The van der Waals surface area contributed by atoms with E-state index in [-0.39, 0.29) is 18.8 Å². The molecule has 29 heavy (non-hydrogen) atoms. The van der Waals surface area contributed by atoms with Crippen LogP contribution in [0.1, 0.15) is 53.9 Å². The van der Waals surface area contributed by atoms with E-state index in [2.05, 4.69) is 10.6 Å². The van der Waals surface area contributed by atoms with E-state index in [9.17, 15) is 24.0 Å². The molecule has 0 aromatic carbocycles. The zero-order valence-corrected chi connectivity index (χ0v) is 17.4. The molecule has 0 radical (unpaired) electrons. The van der Waals surface area contributed by atoms with Crippen LogP contribution in [0.5, 0.6) is 0 Å². The normalized spacial score (nSPS) is 18.3. The van der Waals surface area contributed by atoms with Crippen LogP contribution < -0.4 is 16.1 Å². The highest BCUT2D eigenvalue weighted by atomic mass is 16.6. The lowest BCUT2D eigenvalue weighted by molar-refractivity contribution is -0.154. The van der Waals surface area contributed by atoms with E-state index in [1.807, 2.05) is 13.8 Å². The van der Waals surface area contributed by atoms with Crippen molar-refractivity contribution in [3.8, 4) is 0 Å². The summed E-state index contributed by atoms with van der Waals surface area (Å²) in [4.78, 5) is 61.1. The summed E-state index contributed by atoms with van der Waals surface area (Å²) in [7, 11) is 0. The number of hydrogen-bond acceptors (Lipinski definition) is 7. The second kappa shape index (κ2) is 10.2. The molecule has 1 aliphatic rings. The molecule has 164 valence electrons. The molecule has 0 unspecified atom stereocenters. The zero-order valence-electron chi connectivity index (χ0n) is 17.4. The molecule has 5 amide bonds. The molecule has 1 aliphatic heterocycles. The summed E-state index contributed by atoms with van der Waals surface area (Å²) in [5.41, 5.74) is 0.615. The lowest BCUT2D eigenvalue weighted by atomic mass is 10.0. The van der Waals surface area contributed by atoms with Crippen LogP contribution >= 0.6 is 0 Å². The lowest BCUT2D eigenvalue weighted by Gasteiger charge is -2.31. The van der Waals surface area contributed by atoms with Crippen molar-refractivity contribution >= 4 is 29.7 Å². The maximum Gasteiger partial charge on any atom is 0.408 e. The molecule has 0 aliphatic carbocycles. The number of carbonyl (C=O) groups excluding carboxylic acids is 5. The molecule has 0 aromatic rings. The van der Waals surface area contributed by atoms with Crippen LogP contribution in [0.3, 0.4) is 0 Å². The highest BCUT2D eigenvalue weighted by Gasteiger charge is 2.37. The summed E-state index contributed by atoms with van der Waals surface area (Å²) in [5, 5.41) is 13.6. The van der Waals surface area contributed by atoms with Crippen LogP contribution in [0.25, 0.3) is 0 Å². The van der Waals surface area contributed by atoms with E-state index in [1.165, 1.54) is 5.48 Å². The van der Waals surface area contributed by atoms with Gasteiger partial charge in [-0.1, -0.05) is 13.8 Å². The Bertz CT molecular complexity index is 657. The molecular weight excluding hydrogens is 384 g/mol. The maximum absolute atomic E-state index is 12.7. The predicted octanol–water partition coefficient (Wildman–Crippen LogP) is 0.0650. The summed E-state index contributed by atoms with van der Waals surface area (Å²) >= 11 is 0. The summed E-state index contributed by atoms with van der Waals surface area (Å²) in [6, 6.07) is -1.97. The third kappa shape index (κ3) is 8.06. The van der Waals surface area contributed by atoms with Crippen LogP contribution in [-0.2, 0) is 23.9 Å². The summed E-state index contributed by atoms with van der Waals surface area (Å²) in [6.45, 7) is 8.18. The van der Waals surface area contributed by atoms with E-state index in [0.717, 1.165) is 0 Å². The average Bonchev–Trinajstić information content (AvgIpc) is 2.58. The zero-order chi connectivity index (χ0) is 22.4. The van der Waals surface area contributed by atoms with Crippen molar-refractivity contribution in [3.63, 3.8) is 0 Å². The molecule has 1 heterocycles. The molecule has 1 fully saturated rings. The number of carbonyl (C=O) groups is 5. The third-order valence-corrected chi connectivity index (χ3v) is 3.97. The first-order chi connectivity index (χ1) is 13.3. The minimum atomic E-state index is -1.03. The Balaban J connectivity index is 2.84. The number of nitrogens with zero attached hydrogens (tertiary/aromatic N) is 1. The van der Waals surface area contributed by atoms with Crippen molar-refractivity contribution in [3.05, 3.63) is 0 Å². The predicted molar refractivity (Wildman–Crippen MR) is 100 cm³/mol. The monoisotopic (exact) mass is 414 g/mol. The van der Waals surface area contributed by atoms with Crippen molar-refractivity contribution in [2.75, 3.05) is 6.54 Å². The van der Waals surface area contributed by atoms with Gasteiger partial charge in [0.2, 0.25) is 11.8 Å². The van der Waals surface area contributed by atoms with Gasteiger partial charge in [-0.25, -0.2) is 10.3 Å². The molecule has 1 rings (SSSR count). The largest absolute Gasteiger partial charge is 0.444 e. The molecule has 0 spiro atoms. The molecular formula is C18H30N4O7. The van der Waals surface area contributed by atoms with E-state index in [4.69, 9.17) is 9.94 Å². The fourth-order valence-electron chi connectivity index (χ4n) is 2.74. The second-order valence-electron chi connectivity index (χ2n) is 8.28. The number of alkyl carbamates (subject to hydrolysis) is 1. The molecule has 2 atom stereocenters. The Kier molecular flexibility index (Phi) is 8.56. The lowest BCUT2D eigenvalue weighted by Crippen LogP contribution is -2.59. The topological polar surface area (TPSA) is 154 Å². The minimum Gasteiger partial charge on any atom is -0.444 e. The van der Waals surface area contributed by atoms with E-state index < -0.39 is 54.0 Å². The standard InChI is InChI=1S/C18H30N4O7/c1-10(2)8-12(20-17(27)29-18(3,4)5)15(25)19-11-6-7-14(24)22(16(11)26)9-13(23)21-28/h10-12,28H,6-9H2,1-5H3,(H,19,25)(H,20,27)(H,21,23)/t11-,12-/m0/s1. The second-order valence-corrected chi connectivity index (χ2v) is 8.28. The van der Waals surface area contributed by atoms with Crippen molar-refractivity contribution in [2.45, 2.75) is 71.6 Å². The van der Waals surface area contributed by atoms with Crippen LogP contribution in [-0.4, -0.2) is 64.1 Å². The Morgan fingerprint density at radius 2 is 1.86 bits per heavy atom. The van der Waals surface area contributed by atoms with Gasteiger partial charge in [-0.05, 0) is 39.5 Å². The fraction of sp³-hybridized carbons (Fsp3) is 0.722. The number of imide groups is 1. The summed E-state index contributed by atoms with van der Waals surface area (Å²) < 4.78 is 5.18. The molecule has 1 saturated heterocycles. The van der Waals surface area contributed by atoms with Gasteiger partial charge in [0.1, 0.15) is 24.2 Å². The van der Waals surface area contributed by atoms with Crippen molar-refractivity contribution in [1.29, 1.82) is 0 Å². The maximum atomic E-state index is 12.7. The smallest absolute Gasteiger partial charge is 0.408 e. The van der Waals surface area contributed by atoms with Crippen LogP contribution in [0, 0.1) is 5.92 Å². The Morgan fingerprint density at radius 1 is 1.24 bits per heavy atom. The molecule has 0 aromatic heterocycles. The molecule has 0 saturated carbocycles. The quantitative estimate of drug-likeness (QED) is 0.261. The number of likely N-dealkylation sites (tertiary alicyclic amines) is 1. The fourth-order valence-corrected chi connectivity index (χ4v) is 2.74. The average molecular weight is 414 g/mol. The van der Waals surface area contributed by atoms with Crippen molar-refractivity contribution in [2.24, 2.45) is 5.92 Å². The van der Waals surface area contributed by atoms with Gasteiger partial charge in [0.05, 0.1) is 0 Å². The number of hydrogen-bond donors (Lipinski definition) is 4. The number of rotatable bonds is 7. The number of amides is 5. The van der Waals surface area contributed by atoms with Crippen LogP contribution in [0.2, 0.25) is 0 Å². The molecule has 11 nitrogen and oxygen atoms in total. The minimum absolute atomic E-state index is 0.0518. The first-order valence-electron chi connectivity index (χ1n) is 9.41. The van der Waals surface area contributed by atoms with E-state index in [0.29, 0.717) is 11.3 Å². The van der Waals surface area contributed by atoms with Crippen LogP contribution in [0.15, 0.2) is 0 Å². The molecule has 0 bridgehead atoms. The van der Waals surface area contributed by atoms with Crippen LogP contribution in [0.4, 0.5) is 4.79 Å². The summed E-state index contributed by atoms with van der Waals surface area (Å²) in [6.07, 6.45) is -0.433. The van der Waals surface area contributed by atoms with Gasteiger partial charge in [0.25, 0.3) is 11.8 Å². The Labute approximate surface area is 169 Å². The molecule has 4 N–H and O–H groups in total. The van der Waals surface area contributed by atoms with Crippen molar-refractivity contribution < 1.29 is 33.9 Å². The SMILES string of the molecule is CC(C)C[C@H](NC(=O)OC(C)(C)C)C(=O)N[C@H]1CCC(=O)N(CC(=O)NO)C1=O. The van der Waals surface area contributed by atoms with Gasteiger partial charge < -0.3 is 15.4 Å². The first kappa shape index (κ1) is 24.3. The van der Waals surface area contributed by atoms with E-state index >= 15 is 0 Å². The van der Waals surface area contributed by atoms with Gasteiger partial charge in [-0.3, -0.25) is 29.3 Å². The third-order valence-electron chi connectivity index (χ3n) is 3.97. The Morgan fingerprint density at radius 3 is 2.38 bits per heavy atom. The van der Waals surface area contributed by atoms with Gasteiger partial charge in [0.15, 0.2) is 0 Å². The number of piperidine rings is 1. The van der Waals surface area contributed by atoms with Crippen molar-refractivity contribution in [1.82, 2.24) is 21.0 Å². The Hall–Kier alpha value is -2.69. The van der Waals surface area contributed by atoms with E-state index in [1.54, 1.807) is 20.8 Å². The summed E-state index contributed by atoms with van der Waals surface area (Å²) in [5.74, 6) is -2.78. The number of hydroxylamine groups is 1. The number of nitrogens with one attached hydrogen (secondary N) is 3. The highest BCUT2D eigenvalue weighted by Crippen LogP contribution is 2.15. The highest BCUT2D eigenvalue weighted by molar-refractivity contribution is 6.04. The first-order valence-corrected chi connectivity index (χ1v) is 9.41. The van der Waals surface area contributed by atoms with Gasteiger partial charge in [0, 0.05) is 6.42 Å². The number of ether oxygens (including phenoxy) is 1. The van der Waals surface area contributed by atoms with Gasteiger partial charge >= 0.3 is 6.09 Å². The van der Waals surface area contributed by atoms with Gasteiger partial charge in [-0.15, -0.1) is 0 Å². The molecule has 11 heteroatoms.